The van der Waals surface area contributed by atoms with Crippen LogP contribution in [0.3, 0.4) is 0 Å². The average molecular weight is 419 g/mol. The zero-order valence-corrected chi connectivity index (χ0v) is 16.7. The number of rotatable bonds is 6. The number of anilines is 1. The van der Waals surface area contributed by atoms with Crippen LogP contribution in [0, 0.1) is 23.7 Å². The molecule has 31 heavy (non-hydrogen) atoms. The Hall–Kier alpha value is -3.48. The summed E-state index contributed by atoms with van der Waals surface area (Å²) in [5.41, 5.74) is 1.29. The van der Waals surface area contributed by atoms with Crippen molar-refractivity contribution in [2.75, 3.05) is 11.9 Å². The van der Waals surface area contributed by atoms with Gasteiger partial charge in [0.05, 0.1) is 17.4 Å². The van der Waals surface area contributed by atoms with Crippen molar-refractivity contribution in [3.05, 3.63) is 65.7 Å². The first-order chi connectivity index (χ1) is 15.0. The minimum atomic E-state index is -0.616. The molecule has 3 aliphatic rings. The maximum Gasteiger partial charge on any atom is 0.338 e. The lowest BCUT2D eigenvalue weighted by Gasteiger charge is -2.23. The van der Waals surface area contributed by atoms with Crippen LogP contribution in [0.4, 0.5) is 5.69 Å². The first-order valence-electron chi connectivity index (χ1n) is 10.4. The Balaban J connectivity index is 1.18. The van der Waals surface area contributed by atoms with E-state index in [9.17, 15) is 19.2 Å². The molecule has 0 radical (unpaired) electrons. The molecule has 0 spiro atoms. The van der Waals surface area contributed by atoms with Gasteiger partial charge in [0.2, 0.25) is 5.91 Å². The fourth-order valence-electron chi connectivity index (χ4n) is 5.20. The van der Waals surface area contributed by atoms with E-state index in [-0.39, 0.29) is 59.6 Å². The molecule has 2 aromatic rings. The number of ether oxygens (including phenoxy) is 2. The predicted octanol–water partition coefficient (Wildman–Crippen LogP) is 2.86. The summed E-state index contributed by atoms with van der Waals surface area (Å²) in [4.78, 5) is 49.2. The van der Waals surface area contributed by atoms with Crippen molar-refractivity contribution in [2.45, 2.75) is 18.9 Å². The molecule has 7 nitrogen and oxygen atoms in total. The van der Waals surface area contributed by atoms with Crippen LogP contribution >= 0.6 is 0 Å². The number of amides is 1. The van der Waals surface area contributed by atoms with Crippen LogP contribution in [-0.2, 0) is 19.1 Å². The van der Waals surface area contributed by atoms with Gasteiger partial charge in [-0.05, 0) is 43.0 Å². The molecule has 0 aromatic heterocycles. The van der Waals surface area contributed by atoms with Crippen LogP contribution < -0.4 is 5.32 Å². The van der Waals surface area contributed by atoms with Gasteiger partial charge in [0, 0.05) is 17.2 Å². The maximum atomic E-state index is 12.8. The number of carbonyl (C=O) groups is 4. The molecule has 1 amide bonds. The van der Waals surface area contributed by atoms with Crippen molar-refractivity contribution < 1.29 is 28.7 Å². The number of nitrogens with one attached hydrogen (secondary N) is 1. The van der Waals surface area contributed by atoms with E-state index in [4.69, 9.17) is 9.47 Å². The van der Waals surface area contributed by atoms with Crippen LogP contribution in [0.5, 0.6) is 0 Å². The van der Waals surface area contributed by atoms with Gasteiger partial charge in [-0.3, -0.25) is 14.4 Å². The molecule has 1 saturated heterocycles. The lowest BCUT2D eigenvalue weighted by atomic mass is 9.79. The molecule has 2 bridgehead atoms. The monoisotopic (exact) mass is 419 g/mol. The summed E-state index contributed by atoms with van der Waals surface area (Å²) < 4.78 is 10.5. The fourth-order valence-corrected chi connectivity index (χ4v) is 5.20. The number of esters is 2. The molecule has 1 aliphatic heterocycles. The zero-order chi connectivity index (χ0) is 21.5. The third-order valence-electron chi connectivity index (χ3n) is 6.60. The van der Waals surface area contributed by atoms with Crippen molar-refractivity contribution in [3.8, 4) is 0 Å². The van der Waals surface area contributed by atoms with E-state index in [1.807, 2.05) is 0 Å². The van der Waals surface area contributed by atoms with Gasteiger partial charge in [-0.2, -0.15) is 0 Å². The summed E-state index contributed by atoms with van der Waals surface area (Å²) >= 11 is 0. The molecule has 0 unspecified atom stereocenters. The second kappa shape index (κ2) is 7.65. The lowest BCUT2D eigenvalue weighted by molar-refractivity contribution is -0.145. The maximum absolute atomic E-state index is 12.8. The number of Topliss-reactive ketones (excluding diaryl/α,β-unsaturated/α-hetero) is 1. The SMILES string of the molecule is O=C(COC(=O)c1ccc(NC(=O)[C@@H]2[C@@H]3C[C@@H]4[C@@H]2C(=O)O[C@H]4C3)cc1)c1ccccc1. The van der Waals surface area contributed by atoms with Crippen molar-refractivity contribution in [3.63, 3.8) is 0 Å². The number of hydrogen-bond donors (Lipinski definition) is 1. The van der Waals surface area contributed by atoms with E-state index in [1.54, 1.807) is 42.5 Å². The lowest BCUT2D eigenvalue weighted by Crippen LogP contribution is -2.35. The van der Waals surface area contributed by atoms with Gasteiger partial charge in [-0.1, -0.05) is 30.3 Å². The highest BCUT2D eigenvalue weighted by Crippen LogP contribution is 2.57. The second-order valence-electron chi connectivity index (χ2n) is 8.35. The summed E-state index contributed by atoms with van der Waals surface area (Å²) in [6, 6.07) is 14.9. The highest BCUT2D eigenvalue weighted by molar-refractivity contribution is 6.00. The van der Waals surface area contributed by atoms with Gasteiger partial charge >= 0.3 is 11.9 Å². The molecule has 2 aliphatic carbocycles. The third-order valence-corrected chi connectivity index (χ3v) is 6.60. The largest absolute Gasteiger partial charge is 0.462 e. The van der Waals surface area contributed by atoms with Crippen LogP contribution in [0.1, 0.15) is 33.6 Å². The number of hydrogen-bond acceptors (Lipinski definition) is 6. The summed E-state index contributed by atoms with van der Waals surface area (Å²) in [7, 11) is 0. The number of benzene rings is 2. The molecule has 2 aromatic carbocycles. The standard InChI is InChI=1S/C24H21NO6/c26-18(13-4-2-1-3-5-13)12-30-23(28)14-6-8-16(9-7-14)25-22(27)20-15-10-17-19(11-15)31-24(29)21(17)20/h1-9,15,17,19-21H,10-12H2,(H,25,27)/t15-,17+,19+,20-,21+/m1/s1. The topological polar surface area (TPSA) is 98.8 Å². The van der Waals surface area contributed by atoms with Crippen LogP contribution in [-0.4, -0.2) is 36.3 Å². The predicted molar refractivity (Wildman–Crippen MR) is 109 cm³/mol. The second-order valence-corrected chi connectivity index (χ2v) is 8.35. The average Bonchev–Trinajstić information content (AvgIpc) is 3.41. The van der Waals surface area contributed by atoms with E-state index in [1.165, 1.54) is 12.1 Å². The number of fused-ring (bicyclic) bond motifs is 1. The summed E-state index contributed by atoms with van der Waals surface area (Å²) in [5, 5.41) is 2.86. The molecule has 1 heterocycles. The summed E-state index contributed by atoms with van der Waals surface area (Å²) in [6.07, 6.45) is 1.62. The van der Waals surface area contributed by atoms with E-state index in [2.05, 4.69) is 5.32 Å². The highest BCUT2D eigenvalue weighted by Gasteiger charge is 2.63. The van der Waals surface area contributed by atoms with Crippen LogP contribution in [0.25, 0.3) is 0 Å². The number of ketones is 1. The summed E-state index contributed by atoms with van der Waals surface area (Å²) in [5.74, 6) is -1.67. The Morgan fingerprint density at radius 2 is 1.71 bits per heavy atom. The minimum Gasteiger partial charge on any atom is -0.462 e. The van der Waals surface area contributed by atoms with Crippen molar-refractivity contribution in [2.24, 2.45) is 23.7 Å². The van der Waals surface area contributed by atoms with Gasteiger partial charge in [-0.15, -0.1) is 0 Å². The smallest absolute Gasteiger partial charge is 0.338 e. The first kappa shape index (κ1) is 19.5. The quantitative estimate of drug-likeness (QED) is 0.571. The summed E-state index contributed by atoms with van der Waals surface area (Å²) in [6.45, 7) is -0.343. The molecule has 5 atom stereocenters. The normalized spacial score (nSPS) is 27.6. The van der Waals surface area contributed by atoms with E-state index in [0.29, 0.717) is 11.3 Å². The molecular formula is C24H21NO6. The van der Waals surface area contributed by atoms with Crippen molar-refractivity contribution in [1.29, 1.82) is 0 Å². The Morgan fingerprint density at radius 3 is 2.45 bits per heavy atom. The Labute approximate surface area is 178 Å². The molecule has 158 valence electrons. The fraction of sp³-hybridized carbons (Fsp3) is 0.333. The highest BCUT2D eigenvalue weighted by atomic mass is 16.6. The van der Waals surface area contributed by atoms with Crippen molar-refractivity contribution >= 4 is 29.3 Å². The van der Waals surface area contributed by atoms with Crippen LogP contribution in [0.2, 0.25) is 0 Å². The Morgan fingerprint density at radius 1 is 0.968 bits per heavy atom. The van der Waals surface area contributed by atoms with Gasteiger partial charge in [0.1, 0.15) is 6.10 Å². The third kappa shape index (κ3) is 3.50. The van der Waals surface area contributed by atoms with Gasteiger partial charge in [0.15, 0.2) is 12.4 Å². The minimum absolute atomic E-state index is 0.00869. The molecule has 1 N–H and O–H groups in total. The Bertz CT molecular complexity index is 1050. The molecule has 3 fully saturated rings. The van der Waals surface area contributed by atoms with E-state index < -0.39 is 5.97 Å². The molecule has 5 rings (SSSR count). The van der Waals surface area contributed by atoms with Gasteiger partial charge in [0.25, 0.3) is 0 Å². The van der Waals surface area contributed by atoms with Crippen LogP contribution in [0.15, 0.2) is 54.6 Å². The van der Waals surface area contributed by atoms with E-state index >= 15 is 0 Å². The first-order valence-corrected chi connectivity index (χ1v) is 10.4. The van der Waals surface area contributed by atoms with Crippen molar-refractivity contribution in [1.82, 2.24) is 0 Å². The van der Waals surface area contributed by atoms with Gasteiger partial charge < -0.3 is 14.8 Å². The Kier molecular flexibility index (Phi) is 4.81. The molecule has 7 heteroatoms. The van der Waals surface area contributed by atoms with Gasteiger partial charge in [-0.25, -0.2) is 4.79 Å². The van der Waals surface area contributed by atoms with E-state index in [0.717, 1.165) is 12.8 Å². The zero-order valence-electron chi connectivity index (χ0n) is 16.7. The number of carbonyl (C=O) groups excluding carboxylic acids is 4. The molecular weight excluding hydrogens is 398 g/mol. The molecule has 2 saturated carbocycles.